The number of anilines is 1. The van der Waals surface area contributed by atoms with E-state index in [1.54, 1.807) is 53.4 Å². The van der Waals surface area contributed by atoms with Crippen LogP contribution in [0.2, 0.25) is 0 Å². The van der Waals surface area contributed by atoms with Crippen LogP contribution in [0.25, 0.3) is 10.8 Å². The van der Waals surface area contributed by atoms with Crippen molar-refractivity contribution in [1.29, 1.82) is 0 Å². The Hall–Kier alpha value is -3.68. The van der Waals surface area contributed by atoms with Crippen molar-refractivity contribution in [2.45, 2.75) is 20.4 Å². The third-order valence-electron chi connectivity index (χ3n) is 4.63. The molecule has 8 heteroatoms. The van der Waals surface area contributed by atoms with Crippen molar-refractivity contribution in [2.24, 2.45) is 0 Å². The van der Waals surface area contributed by atoms with Gasteiger partial charge in [0.05, 0.1) is 10.8 Å². The predicted octanol–water partition coefficient (Wildman–Crippen LogP) is 1.81. The molecule has 8 nitrogen and oxygen atoms in total. The molecule has 29 heavy (non-hydrogen) atoms. The summed E-state index contributed by atoms with van der Waals surface area (Å²) in [6.07, 6.45) is 0. The van der Waals surface area contributed by atoms with E-state index in [-0.39, 0.29) is 23.2 Å². The minimum atomic E-state index is -0.495. The fourth-order valence-electron chi connectivity index (χ4n) is 3.13. The van der Waals surface area contributed by atoms with Crippen LogP contribution in [0.1, 0.15) is 24.2 Å². The number of aromatic nitrogens is 2. The first-order valence-electron chi connectivity index (χ1n) is 9.35. The number of nitrogens with one attached hydrogen (secondary N) is 2. The van der Waals surface area contributed by atoms with Crippen molar-refractivity contribution in [3.63, 3.8) is 0 Å². The standard InChI is InChI=1S/C21H22N4O4/c1-3-24(4-2)20(28)14-8-7-9-15(12-14)22-18(26)13-25-21(29)17-11-6-5-10-16(17)19(27)23-25/h5-12H,3-4,13H2,1-2H3,(H,22,26)(H,23,27). The third kappa shape index (κ3) is 4.26. The molecule has 150 valence electrons. The molecule has 2 aromatic carbocycles. The lowest BCUT2D eigenvalue weighted by Gasteiger charge is -2.19. The molecular weight excluding hydrogens is 372 g/mol. The van der Waals surface area contributed by atoms with Gasteiger partial charge < -0.3 is 10.2 Å². The van der Waals surface area contributed by atoms with Crippen LogP contribution in [0.15, 0.2) is 58.1 Å². The van der Waals surface area contributed by atoms with Crippen LogP contribution >= 0.6 is 0 Å². The molecule has 1 aromatic heterocycles. The number of carbonyl (C=O) groups excluding carboxylic acids is 2. The van der Waals surface area contributed by atoms with Crippen molar-refractivity contribution in [1.82, 2.24) is 14.7 Å². The zero-order chi connectivity index (χ0) is 21.0. The van der Waals surface area contributed by atoms with Crippen molar-refractivity contribution in [3.05, 3.63) is 74.8 Å². The van der Waals surface area contributed by atoms with Crippen LogP contribution in [-0.2, 0) is 11.3 Å². The summed E-state index contributed by atoms with van der Waals surface area (Å²) in [4.78, 5) is 51.2. The van der Waals surface area contributed by atoms with Gasteiger partial charge in [-0.3, -0.25) is 24.3 Å². The average molecular weight is 394 g/mol. The van der Waals surface area contributed by atoms with E-state index in [0.717, 1.165) is 4.68 Å². The van der Waals surface area contributed by atoms with E-state index in [1.807, 2.05) is 13.8 Å². The summed E-state index contributed by atoms with van der Waals surface area (Å²) in [5.41, 5.74) is -0.00685. The second-order valence-corrected chi connectivity index (χ2v) is 6.48. The maximum Gasteiger partial charge on any atom is 0.273 e. The maximum atomic E-state index is 12.5. The summed E-state index contributed by atoms with van der Waals surface area (Å²) in [5.74, 6) is -0.619. The van der Waals surface area contributed by atoms with Crippen LogP contribution in [-0.4, -0.2) is 39.6 Å². The summed E-state index contributed by atoms with van der Waals surface area (Å²) >= 11 is 0. The van der Waals surface area contributed by atoms with E-state index in [4.69, 9.17) is 0 Å². The van der Waals surface area contributed by atoms with Gasteiger partial charge in [-0.15, -0.1) is 0 Å². The molecule has 0 aliphatic carbocycles. The Balaban J connectivity index is 1.80. The van der Waals surface area contributed by atoms with Gasteiger partial charge in [-0.25, -0.2) is 4.68 Å². The highest BCUT2D eigenvalue weighted by Crippen LogP contribution is 2.13. The number of nitrogens with zero attached hydrogens (tertiary/aromatic N) is 2. The highest BCUT2D eigenvalue weighted by Gasteiger charge is 2.14. The number of amides is 2. The predicted molar refractivity (Wildman–Crippen MR) is 111 cm³/mol. The zero-order valence-electron chi connectivity index (χ0n) is 16.3. The summed E-state index contributed by atoms with van der Waals surface area (Å²) in [5, 5.41) is 5.61. The van der Waals surface area contributed by atoms with Gasteiger partial charge in [-0.05, 0) is 44.2 Å². The first kappa shape index (κ1) is 20.1. The van der Waals surface area contributed by atoms with Crippen LogP contribution in [0.3, 0.4) is 0 Å². The minimum absolute atomic E-state index is 0.124. The fourth-order valence-corrected chi connectivity index (χ4v) is 3.13. The summed E-state index contributed by atoms with van der Waals surface area (Å²) in [6.45, 7) is 4.62. The van der Waals surface area contributed by atoms with Gasteiger partial charge in [0.2, 0.25) is 5.91 Å². The summed E-state index contributed by atoms with van der Waals surface area (Å²) in [6, 6.07) is 13.0. The molecule has 0 radical (unpaired) electrons. The van der Waals surface area contributed by atoms with E-state index in [1.165, 1.54) is 0 Å². The number of hydrogen-bond acceptors (Lipinski definition) is 4. The number of carbonyl (C=O) groups is 2. The van der Waals surface area contributed by atoms with E-state index < -0.39 is 17.0 Å². The lowest BCUT2D eigenvalue weighted by molar-refractivity contribution is -0.117. The van der Waals surface area contributed by atoms with E-state index in [2.05, 4.69) is 10.4 Å². The molecule has 2 amide bonds. The highest BCUT2D eigenvalue weighted by molar-refractivity contribution is 5.97. The number of rotatable bonds is 6. The lowest BCUT2D eigenvalue weighted by Crippen LogP contribution is -2.34. The highest BCUT2D eigenvalue weighted by atomic mass is 16.2. The largest absolute Gasteiger partial charge is 0.339 e. The van der Waals surface area contributed by atoms with Crippen LogP contribution < -0.4 is 16.4 Å². The number of benzene rings is 2. The van der Waals surface area contributed by atoms with Crippen molar-refractivity contribution < 1.29 is 9.59 Å². The molecule has 0 spiro atoms. The van der Waals surface area contributed by atoms with E-state index >= 15 is 0 Å². The lowest BCUT2D eigenvalue weighted by atomic mass is 10.1. The monoisotopic (exact) mass is 394 g/mol. The molecule has 0 unspecified atom stereocenters. The van der Waals surface area contributed by atoms with Crippen LogP contribution in [0, 0.1) is 0 Å². The first-order valence-corrected chi connectivity index (χ1v) is 9.35. The zero-order valence-corrected chi connectivity index (χ0v) is 16.3. The average Bonchev–Trinajstić information content (AvgIpc) is 2.73. The smallest absolute Gasteiger partial charge is 0.273 e. The summed E-state index contributed by atoms with van der Waals surface area (Å²) < 4.78 is 0.977. The van der Waals surface area contributed by atoms with Crippen LogP contribution in [0.4, 0.5) is 5.69 Å². The Morgan fingerprint density at radius 1 is 1.00 bits per heavy atom. The number of H-pyrrole nitrogens is 1. The Morgan fingerprint density at radius 3 is 2.38 bits per heavy atom. The van der Waals surface area contributed by atoms with E-state index in [9.17, 15) is 19.2 Å². The van der Waals surface area contributed by atoms with Gasteiger partial charge >= 0.3 is 0 Å². The topological polar surface area (TPSA) is 104 Å². The second-order valence-electron chi connectivity index (χ2n) is 6.48. The molecule has 1 heterocycles. The molecule has 0 saturated heterocycles. The quantitative estimate of drug-likeness (QED) is 0.665. The molecule has 2 N–H and O–H groups in total. The third-order valence-corrected chi connectivity index (χ3v) is 4.63. The summed E-state index contributed by atoms with van der Waals surface area (Å²) in [7, 11) is 0. The second kappa shape index (κ2) is 8.55. The number of hydrogen-bond donors (Lipinski definition) is 2. The van der Waals surface area contributed by atoms with Gasteiger partial charge in [-0.2, -0.15) is 0 Å². The fraction of sp³-hybridized carbons (Fsp3) is 0.238. The minimum Gasteiger partial charge on any atom is -0.339 e. The normalized spacial score (nSPS) is 10.7. The van der Waals surface area contributed by atoms with Crippen molar-refractivity contribution in [2.75, 3.05) is 18.4 Å². The van der Waals surface area contributed by atoms with Crippen molar-refractivity contribution in [3.8, 4) is 0 Å². The Labute approximate surface area is 166 Å². The van der Waals surface area contributed by atoms with Gasteiger partial charge in [0.1, 0.15) is 6.54 Å². The molecule has 3 rings (SSSR count). The maximum absolute atomic E-state index is 12.5. The number of aromatic amines is 1. The van der Waals surface area contributed by atoms with Gasteiger partial charge in [0, 0.05) is 24.3 Å². The van der Waals surface area contributed by atoms with E-state index in [0.29, 0.717) is 24.3 Å². The van der Waals surface area contributed by atoms with Gasteiger partial charge in [0.25, 0.3) is 17.0 Å². The molecule has 0 atom stereocenters. The SMILES string of the molecule is CCN(CC)C(=O)c1cccc(NC(=O)Cn2[nH]c(=O)c3ccccc3c2=O)c1. The van der Waals surface area contributed by atoms with Crippen molar-refractivity contribution >= 4 is 28.3 Å². The van der Waals surface area contributed by atoms with Crippen LogP contribution in [0.5, 0.6) is 0 Å². The number of fused-ring (bicyclic) bond motifs is 1. The Bertz CT molecular complexity index is 1180. The molecule has 0 aliphatic heterocycles. The first-order chi connectivity index (χ1) is 13.9. The molecule has 3 aromatic rings. The molecule has 0 aliphatic rings. The van der Waals surface area contributed by atoms with Gasteiger partial charge in [-0.1, -0.05) is 18.2 Å². The Kier molecular flexibility index (Phi) is 5.92. The van der Waals surface area contributed by atoms with Gasteiger partial charge in [0.15, 0.2) is 0 Å². The molecular formula is C21H22N4O4. The molecule has 0 fully saturated rings. The molecule has 0 bridgehead atoms. The molecule has 0 saturated carbocycles. The Morgan fingerprint density at radius 2 is 1.69 bits per heavy atom.